The van der Waals surface area contributed by atoms with Gasteiger partial charge >= 0.3 is 0 Å². The predicted molar refractivity (Wildman–Crippen MR) is 198 cm³/mol. The Balaban J connectivity index is 1.15. The highest BCUT2D eigenvalue weighted by atomic mass is 32.1. The fourth-order valence-corrected chi connectivity index (χ4v) is 8.72. The highest BCUT2D eigenvalue weighted by Gasteiger charge is 2.17. The average Bonchev–Trinajstić information content (AvgIpc) is 3.67. The van der Waals surface area contributed by atoms with E-state index in [-0.39, 0.29) is 0 Å². The molecule has 0 radical (unpaired) electrons. The molecule has 0 saturated carbocycles. The van der Waals surface area contributed by atoms with Gasteiger partial charge in [0.2, 0.25) is 0 Å². The lowest BCUT2D eigenvalue weighted by molar-refractivity contribution is 1.30. The Bertz CT molecular complexity index is 2350. The minimum Gasteiger partial charge on any atom is -0.310 e. The zero-order chi connectivity index (χ0) is 29.7. The SMILES string of the molecule is c1ccc(-c2ccc(-c3ccc(N(c4ccc5c(c4)sc4ccccc45)c4ccc5c(c4)sc4ccccc45)cc3)cc2)cc1. The molecule has 2 heterocycles. The quantitative estimate of drug-likeness (QED) is 0.188. The maximum atomic E-state index is 2.40. The molecule has 0 N–H and O–H groups in total. The van der Waals surface area contributed by atoms with E-state index in [9.17, 15) is 0 Å². The number of hydrogen-bond acceptors (Lipinski definition) is 3. The maximum absolute atomic E-state index is 2.40. The van der Waals surface area contributed by atoms with Gasteiger partial charge in [-0.05, 0) is 70.8 Å². The van der Waals surface area contributed by atoms with E-state index < -0.39 is 0 Å². The van der Waals surface area contributed by atoms with Gasteiger partial charge in [-0.25, -0.2) is 0 Å². The first-order valence-electron chi connectivity index (χ1n) is 15.2. The van der Waals surface area contributed by atoms with Crippen LogP contribution in [-0.4, -0.2) is 0 Å². The standard InChI is InChI=1S/C42H27NS2/c1-2-8-28(9-3-1)29-14-16-30(17-15-29)31-18-20-32(21-19-31)43(33-22-24-37-35-10-4-6-12-39(35)44-41(37)26-33)34-23-25-38-36-11-5-7-13-40(36)45-42(38)27-34/h1-27H. The molecule has 2 aromatic heterocycles. The Kier molecular flexibility index (Phi) is 6.26. The molecule has 0 fully saturated rings. The number of anilines is 3. The molecule has 0 aliphatic carbocycles. The summed E-state index contributed by atoms with van der Waals surface area (Å²) in [5, 5.41) is 5.27. The van der Waals surface area contributed by atoms with E-state index in [1.54, 1.807) is 0 Å². The summed E-state index contributed by atoms with van der Waals surface area (Å²) in [5.41, 5.74) is 8.35. The van der Waals surface area contributed by atoms with Crippen molar-refractivity contribution in [3.8, 4) is 22.3 Å². The van der Waals surface area contributed by atoms with Crippen molar-refractivity contribution < 1.29 is 0 Å². The highest BCUT2D eigenvalue weighted by molar-refractivity contribution is 7.26. The average molecular weight is 610 g/mol. The van der Waals surface area contributed by atoms with Crippen molar-refractivity contribution in [1.29, 1.82) is 0 Å². The molecule has 0 aliphatic rings. The van der Waals surface area contributed by atoms with Gasteiger partial charge in [-0.15, -0.1) is 22.7 Å². The van der Waals surface area contributed by atoms with Crippen molar-refractivity contribution in [1.82, 2.24) is 0 Å². The van der Waals surface area contributed by atoms with Gasteiger partial charge in [-0.2, -0.15) is 0 Å². The molecule has 0 saturated heterocycles. The van der Waals surface area contributed by atoms with Gasteiger partial charge in [0, 0.05) is 57.4 Å². The second-order valence-corrected chi connectivity index (χ2v) is 13.6. The summed E-state index contributed by atoms with van der Waals surface area (Å²) in [7, 11) is 0. The molecule has 9 rings (SSSR count). The van der Waals surface area contributed by atoms with Crippen molar-refractivity contribution in [2.24, 2.45) is 0 Å². The van der Waals surface area contributed by atoms with E-state index in [1.807, 2.05) is 22.7 Å². The van der Waals surface area contributed by atoms with Crippen LogP contribution in [0.4, 0.5) is 17.1 Å². The lowest BCUT2D eigenvalue weighted by Crippen LogP contribution is -2.09. The zero-order valence-corrected chi connectivity index (χ0v) is 26.0. The van der Waals surface area contributed by atoms with Crippen molar-refractivity contribution in [3.63, 3.8) is 0 Å². The van der Waals surface area contributed by atoms with E-state index in [4.69, 9.17) is 0 Å². The van der Waals surface area contributed by atoms with Gasteiger partial charge in [-0.3, -0.25) is 0 Å². The molecule has 0 bridgehead atoms. The molecule has 0 amide bonds. The monoisotopic (exact) mass is 609 g/mol. The Morgan fingerprint density at radius 1 is 0.289 bits per heavy atom. The van der Waals surface area contributed by atoms with Gasteiger partial charge in [-0.1, -0.05) is 115 Å². The van der Waals surface area contributed by atoms with Crippen molar-refractivity contribution >= 4 is 80.1 Å². The summed E-state index contributed by atoms with van der Waals surface area (Å²) in [6.45, 7) is 0. The van der Waals surface area contributed by atoms with Crippen LogP contribution in [0.25, 0.3) is 62.6 Å². The van der Waals surface area contributed by atoms with Crippen LogP contribution >= 0.6 is 22.7 Å². The number of rotatable bonds is 5. The Labute approximate surface area is 269 Å². The van der Waals surface area contributed by atoms with Crippen molar-refractivity contribution in [2.45, 2.75) is 0 Å². The van der Waals surface area contributed by atoms with E-state index in [0.717, 1.165) is 17.1 Å². The van der Waals surface area contributed by atoms with Crippen molar-refractivity contribution in [2.75, 3.05) is 4.90 Å². The largest absolute Gasteiger partial charge is 0.310 e. The summed E-state index contributed by atoms with van der Waals surface area (Å²) in [6, 6.07) is 59.7. The first kappa shape index (κ1) is 26.2. The second-order valence-electron chi connectivity index (χ2n) is 11.4. The fraction of sp³-hybridized carbons (Fsp3) is 0. The third kappa shape index (κ3) is 4.60. The second kappa shape index (κ2) is 10.7. The lowest BCUT2D eigenvalue weighted by Gasteiger charge is -2.26. The molecule has 9 aromatic rings. The Morgan fingerprint density at radius 3 is 1.18 bits per heavy atom. The molecule has 1 nitrogen and oxygen atoms in total. The summed E-state index contributed by atoms with van der Waals surface area (Å²) >= 11 is 3.73. The van der Waals surface area contributed by atoms with E-state index >= 15 is 0 Å². The van der Waals surface area contributed by atoms with Crippen LogP contribution in [0.2, 0.25) is 0 Å². The highest BCUT2D eigenvalue weighted by Crippen LogP contribution is 2.43. The molecule has 3 heteroatoms. The van der Waals surface area contributed by atoms with Crippen LogP contribution < -0.4 is 4.90 Å². The topological polar surface area (TPSA) is 3.24 Å². The first-order chi connectivity index (χ1) is 22.3. The van der Waals surface area contributed by atoms with Crippen LogP contribution in [0.15, 0.2) is 164 Å². The van der Waals surface area contributed by atoms with Crippen LogP contribution in [-0.2, 0) is 0 Å². The Morgan fingerprint density at radius 2 is 0.667 bits per heavy atom. The van der Waals surface area contributed by atoms with Gasteiger partial charge in [0.25, 0.3) is 0 Å². The Hall–Kier alpha value is -5.22. The maximum Gasteiger partial charge on any atom is 0.0476 e. The minimum atomic E-state index is 1.14. The summed E-state index contributed by atoms with van der Waals surface area (Å²) in [4.78, 5) is 2.40. The summed E-state index contributed by atoms with van der Waals surface area (Å²) in [5.74, 6) is 0. The number of hydrogen-bond donors (Lipinski definition) is 0. The molecule has 45 heavy (non-hydrogen) atoms. The molecule has 212 valence electrons. The lowest BCUT2D eigenvalue weighted by atomic mass is 10.00. The molecule has 0 aliphatic heterocycles. The number of benzene rings is 7. The van der Waals surface area contributed by atoms with Gasteiger partial charge < -0.3 is 4.90 Å². The number of fused-ring (bicyclic) bond motifs is 6. The third-order valence-electron chi connectivity index (χ3n) is 8.69. The number of thiophene rings is 2. The fourth-order valence-electron chi connectivity index (χ4n) is 6.44. The van der Waals surface area contributed by atoms with Gasteiger partial charge in [0.05, 0.1) is 0 Å². The number of nitrogens with zero attached hydrogens (tertiary/aromatic N) is 1. The minimum absolute atomic E-state index is 1.14. The van der Waals surface area contributed by atoms with Gasteiger partial charge in [0.1, 0.15) is 0 Å². The zero-order valence-electron chi connectivity index (χ0n) is 24.4. The third-order valence-corrected chi connectivity index (χ3v) is 11.0. The molecule has 7 aromatic carbocycles. The van der Waals surface area contributed by atoms with Gasteiger partial charge in [0.15, 0.2) is 0 Å². The van der Waals surface area contributed by atoms with Crippen LogP contribution in [0.3, 0.4) is 0 Å². The van der Waals surface area contributed by atoms with Crippen LogP contribution in [0.5, 0.6) is 0 Å². The summed E-state index contributed by atoms with van der Waals surface area (Å²) in [6.07, 6.45) is 0. The molecule has 0 unspecified atom stereocenters. The van der Waals surface area contributed by atoms with Crippen LogP contribution in [0.1, 0.15) is 0 Å². The smallest absolute Gasteiger partial charge is 0.0476 e. The molecular formula is C42H27NS2. The normalized spacial score (nSPS) is 11.6. The molecule has 0 spiro atoms. The van der Waals surface area contributed by atoms with E-state index in [1.165, 1.54) is 62.6 Å². The van der Waals surface area contributed by atoms with Crippen molar-refractivity contribution in [3.05, 3.63) is 164 Å². The van der Waals surface area contributed by atoms with E-state index in [0.29, 0.717) is 0 Å². The van der Waals surface area contributed by atoms with Crippen LogP contribution in [0, 0.1) is 0 Å². The van der Waals surface area contributed by atoms with E-state index in [2.05, 4.69) is 169 Å². The first-order valence-corrected chi connectivity index (χ1v) is 16.8. The summed E-state index contributed by atoms with van der Waals surface area (Å²) < 4.78 is 5.25. The predicted octanol–water partition coefficient (Wildman–Crippen LogP) is 13.2. The molecular weight excluding hydrogens is 583 g/mol. The molecule has 0 atom stereocenters.